The van der Waals surface area contributed by atoms with Gasteiger partial charge in [-0.1, -0.05) is 19.0 Å². The molecule has 0 spiro atoms. The van der Waals surface area contributed by atoms with Crippen LogP contribution in [0.25, 0.3) is 0 Å². The highest BCUT2D eigenvalue weighted by molar-refractivity contribution is 5.02. The molecular formula is C10H15N5O. The SMILES string of the molecule is CC(C)c1noc([C@H](N)Cc2cnc[nH]2)n1. The quantitative estimate of drug-likeness (QED) is 0.807. The van der Waals surface area contributed by atoms with Gasteiger partial charge < -0.3 is 15.2 Å². The third-order valence-electron chi connectivity index (χ3n) is 2.29. The van der Waals surface area contributed by atoms with Crippen molar-refractivity contribution in [3.8, 4) is 0 Å². The van der Waals surface area contributed by atoms with Gasteiger partial charge in [0.15, 0.2) is 5.82 Å². The summed E-state index contributed by atoms with van der Waals surface area (Å²) in [5, 5.41) is 3.87. The van der Waals surface area contributed by atoms with E-state index in [0.717, 1.165) is 5.69 Å². The molecule has 0 radical (unpaired) electrons. The van der Waals surface area contributed by atoms with Crippen molar-refractivity contribution in [3.63, 3.8) is 0 Å². The van der Waals surface area contributed by atoms with Crippen LogP contribution in [0.3, 0.4) is 0 Å². The first-order valence-electron chi connectivity index (χ1n) is 5.23. The van der Waals surface area contributed by atoms with Crippen molar-refractivity contribution in [1.82, 2.24) is 20.1 Å². The molecule has 1 atom stereocenters. The van der Waals surface area contributed by atoms with E-state index in [0.29, 0.717) is 18.1 Å². The summed E-state index contributed by atoms with van der Waals surface area (Å²) in [6.45, 7) is 4.02. The first kappa shape index (κ1) is 10.8. The molecule has 2 aromatic heterocycles. The molecule has 16 heavy (non-hydrogen) atoms. The summed E-state index contributed by atoms with van der Waals surface area (Å²) in [6, 6.07) is -0.291. The number of hydrogen-bond acceptors (Lipinski definition) is 5. The summed E-state index contributed by atoms with van der Waals surface area (Å²) in [7, 11) is 0. The molecule has 0 unspecified atom stereocenters. The zero-order valence-electron chi connectivity index (χ0n) is 9.34. The summed E-state index contributed by atoms with van der Waals surface area (Å²) >= 11 is 0. The van der Waals surface area contributed by atoms with E-state index in [9.17, 15) is 0 Å². The van der Waals surface area contributed by atoms with Crippen molar-refractivity contribution in [2.75, 3.05) is 0 Å². The van der Waals surface area contributed by atoms with Crippen LogP contribution < -0.4 is 5.73 Å². The molecule has 2 heterocycles. The summed E-state index contributed by atoms with van der Waals surface area (Å²) in [5.74, 6) is 1.41. The summed E-state index contributed by atoms with van der Waals surface area (Å²) in [5.41, 5.74) is 6.91. The van der Waals surface area contributed by atoms with Crippen molar-refractivity contribution in [1.29, 1.82) is 0 Å². The van der Waals surface area contributed by atoms with Gasteiger partial charge in [-0.05, 0) is 0 Å². The molecule has 86 valence electrons. The van der Waals surface area contributed by atoms with Crippen LogP contribution >= 0.6 is 0 Å². The lowest BCUT2D eigenvalue weighted by Crippen LogP contribution is -2.14. The number of rotatable bonds is 4. The average molecular weight is 221 g/mol. The fraction of sp³-hybridized carbons (Fsp3) is 0.500. The van der Waals surface area contributed by atoms with Gasteiger partial charge in [0.1, 0.15) is 0 Å². The molecule has 0 aliphatic carbocycles. The monoisotopic (exact) mass is 221 g/mol. The molecular weight excluding hydrogens is 206 g/mol. The lowest BCUT2D eigenvalue weighted by atomic mass is 10.2. The maximum Gasteiger partial charge on any atom is 0.243 e. The number of nitrogens with one attached hydrogen (secondary N) is 1. The molecule has 0 saturated heterocycles. The van der Waals surface area contributed by atoms with E-state index in [-0.39, 0.29) is 12.0 Å². The second kappa shape index (κ2) is 4.44. The van der Waals surface area contributed by atoms with Gasteiger partial charge in [0.25, 0.3) is 0 Å². The highest BCUT2D eigenvalue weighted by atomic mass is 16.5. The molecule has 0 saturated carbocycles. The topological polar surface area (TPSA) is 93.6 Å². The van der Waals surface area contributed by atoms with Crippen LogP contribution in [0, 0.1) is 0 Å². The number of H-pyrrole nitrogens is 1. The fourth-order valence-electron chi connectivity index (χ4n) is 1.35. The maximum absolute atomic E-state index is 5.96. The third kappa shape index (κ3) is 2.27. The zero-order chi connectivity index (χ0) is 11.5. The van der Waals surface area contributed by atoms with Crippen LogP contribution in [0.5, 0.6) is 0 Å². The standard InChI is InChI=1S/C10H15N5O/c1-6(2)9-14-10(16-15-9)8(11)3-7-4-12-5-13-7/h4-6,8H,3,11H2,1-2H3,(H,12,13)/t8-/m1/s1. The minimum absolute atomic E-state index is 0.247. The molecule has 0 fully saturated rings. The van der Waals surface area contributed by atoms with Crippen LogP contribution in [0.2, 0.25) is 0 Å². The molecule has 2 rings (SSSR count). The zero-order valence-corrected chi connectivity index (χ0v) is 9.34. The molecule has 2 aromatic rings. The van der Waals surface area contributed by atoms with Crippen LogP contribution in [0.4, 0.5) is 0 Å². The molecule has 0 bridgehead atoms. The Morgan fingerprint density at radius 1 is 1.50 bits per heavy atom. The first-order chi connectivity index (χ1) is 7.66. The van der Waals surface area contributed by atoms with Gasteiger partial charge in [0, 0.05) is 24.2 Å². The van der Waals surface area contributed by atoms with E-state index >= 15 is 0 Å². The van der Waals surface area contributed by atoms with Crippen LogP contribution in [0.15, 0.2) is 17.0 Å². The number of nitrogens with two attached hydrogens (primary N) is 1. The van der Waals surface area contributed by atoms with Gasteiger partial charge in [0.05, 0.1) is 12.4 Å². The number of imidazole rings is 1. The van der Waals surface area contributed by atoms with Crippen molar-refractivity contribution >= 4 is 0 Å². The minimum atomic E-state index is -0.291. The van der Waals surface area contributed by atoms with E-state index in [1.165, 1.54) is 0 Å². The Labute approximate surface area is 93.3 Å². The Morgan fingerprint density at radius 3 is 2.88 bits per heavy atom. The maximum atomic E-state index is 5.96. The smallest absolute Gasteiger partial charge is 0.243 e. The first-order valence-corrected chi connectivity index (χ1v) is 5.23. The van der Waals surface area contributed by atoms with E-state index in [2.05, 4.69) is 20.1 Å². The predicted octanol–water partition coefficient (Wildman–Crippen LogP) is 1.16. The highest BCUT2D eigenvalue weighted by Crippen LogP contribution is 2.16. The molecule has 0 aliphatic heterocycles. The van der Waals surface area contributed by atoms with E-state index in [1.54, 1.807) is 12.5 Å². The van der Waals surface area contributed by atoms with Gasteiger partial charge >= 0.3 is 0 Å². The number of nitrogens with zero attached hydrogens (tertiary/aromatic N) is 3. The van der Waals surface area contributed by atoms with Crippen LogP contribution in [-0.4, -0.2) is 20.1 Å². The number of aromatic nitrogens is 4. The third-order valence-corrected chi connectivity index (χ3v) is 2.29. The lowest BCUT2D eigenvalue weighted by molar-refractivity contribution is 0.348. The lowest BCUT2D eigenvalue weighted by Gasteiger charge is -2.03. The molecule has 0 amide bonds. The highest BCUT2D eigenvalue weighted by Gasteiger charge is 2.17. The predicted molar refractivity (Wildman–Crippen MR) is 57.6 cm³/mol. The fourth-order valence-corrected chi connectivity index (χ4v) is 1.35. The summed E-state index contributed by atoms with van der Waals surface area (Å²) in [6.07, 6.45) is 3.97. The molecule has 3 N–H and O–H groups in total. The van der Waals surface area contributed by atoms with Gasteiger partial charge in [-0.3, -0.25) is 0 Å². The average Bonchev–Trinajstić information content (AvgIpc) is 2.86. The number of hydrogen-bond donors (Lipinski definition) is 2. The van der Waals surface area contributed by atoms with Crippen molar-refractivity contribution < 1.29 is 4.52 Å². The summed E-state index contributed by atoms with van der Waals surface area (Å²) < 4.78 is 5.12. The Balaban J connectivity index is 2.06. The van der Waals surface area contributed by atoms with Crippen molar-refractivity contribution in [2.24, 2.45) is 5.73 Å². The van der Waals surface area contributed by atoms with Gasteiger partial charge in [0.2, 0.25) is 5.89 Å². The van der Waals surface area contributed by atoms with E-state index in [4.69, 9.17) is 10.3 Å². The second-order valence-corrected chi connectivity index (χ2v) is 4.03. The Bertz CT molecular complexity index is 434. The number of aromatic amines is 1. The van der Waals surface area contributed by atoms with E-state index in [1.807, 2.05) is 13.8 Å². The van der Waals surface area contributed by atoms with Crippen LogP contribution in [0.1, 0.15) is 43.2 Å². The summed E-state index contributed by atoms with van der Waals surface area (Å²) in [4.78, 5) is 11.2. The Hall–Kier alpha value is -1.69. The van der Waals surface area contributed by atoms with Crippen molar-refractivity contribution in [2.45, 2.75) is 32.2 Å². The minimum Gasteiger partial charge on any atom is -0.348 e. The van der Waals surface area contributed by atoms with Gasteiger partial charge in [-0.25, -0.2) is 4.98 Å². The normalized spacial score (nSPS) is 13.2. The van der Waals surface area contributed by atoms with Gasteiger partial charge in [-0.2, -0.15) is 4.98 Å². The van der Waals surface area contributed by atoms with Crippen LogP contribution in [-0.2, 0) is 6.42 Å². The Morgan fingerprint density at radius 2 is 2.31 bits per heavy atom. The molecule has 6 nitrogen and oxygen atoms in total. The van der Waals surface area contributed by atoms with Gasteiger partial charge in [-0.15, -0.1) is 0 Å². The van der Waals surface area contributed by atoms with E-state index < -0.39 is 0 Å². The second-order valence-electron chi connectivity index (χ2n) is 4.03. The molecule has 0 aliphatic rings. The molecule has 0 aromatic carbocycles. The molecule has 6 heteroatoms. The Kier molecular flexibility index (Phi) is 3.00. The van der Waals surface area contributed by atoms with Crippen molar-refractivity contribution in [3.05, 3.63) is 29.9 Å². The largest absolute Gasteiger partial charge is 0.348 e.